The van der Waals surface area contributed by atoms with Gasteiger partial charge in [-0.05, 0) is 67.5 Å². The molecule has 0 saturated carbocycles. The number of alkyl halides is 3. The molecular weight excluding hydrogens is 449 g/mol. The molecule has 0 aliphatic carbocycles. The average molecular weight is 483 g/mol. The molecule has 2 aromatic carbocycles. The normalized spacial score (nSPS) is 20.0. The molecule has 2 aliphatic rings. The summed E-state index contributed by atoms with van der Waals surface area (Å²) in [6.45, 7) is 8.36. The number of nitrogens with zero attached hydrogens (tertiary/aromatic N) is 2. The minimum atomic E-state index is -4.70. The van der Waals surface area contributed by atoms with E-state index in [1.165, 1.54) is 29.9 Å². The second kappa shape index (κ2) is 11.6. The van der Waals surface area contributed by atoms with Crippen LogP contribution in [0.2, 0.25) is 0 Å². The molecule has 0 radical (unpaired) electrons. The van der Waals surface area contributed by atoms with Crippen LogP contribution >= 0.6 is 11.9 Å². The summed E-state index contributed by atoms with van der Waals surface area (Å²) in [6.07, 6.45) is -2.17. The van der Waals surface area contributed by atoms with Crippen LogP contribution in [0.1, 0.15) is 32.3 Å². The Kier molecular flexibility index (Phi) is 9.09. The number of aliphatic hydroxyl groups is 1. The van der Waals surface area contributed by atoms with Crippen LogP contribution in [0, 0.1) is 5.92 Å². The fourth-order valence-electron chi connectivity index (χ4n) is 3.64. The van der Waals surface area contributed by atoms with E-state index in [0.717, 1.165) is 57.9 Å². The zero-order valence-electron chi connectivity index (χ0n) is 19.2. The fraction of sp³-hybridized carbons (Fsp3) is 0.520. The van der Waals surface area contributed by atoms with Crippen molar-refractivity contribution in [3.8, 4) is 0 Å². The fourth-order valence-corrected chi connectivity index (χ4v) is 4.57. The van der Waals surface area contributed by atoms with Crippen molar-refractivity contribution >= 4 is 17.6 Å². The first-order chi connectivity index (χ1) is 15.7. The second-order valence-electron chi connectivity index (χ2n) is 8.73. The van der Waals surface area contributed by atoms with E-state index in [9.17, 15) is 18.3 Å². The summed E-state index contributed by atoms with van der Waals surface area (Å²) >= 11 is 1.72. The van der Waals surface area contributed by atoms with Gasteiger partial charge >= 0.3 is 6.18 Å². The van der Waals surface area contributed by atoms with Crippen LogP contribution in [0.5, 0.6) is 0 Å². The van der Waals surface area contributed by atoms with Crippen molar-refractivity contribution in [3.05, 3.63) is 60.2 Å². The third kappa shape index (κ3) is 7.37. The molecule has 2 aliphatic heterocycles. The molecule has 33 heavy (non-hydrogen) atoms. The Morgan fingerprint density at radius 1 is 0.909 bits per heavy atom. The van der Waals surface area contributed by atoms with Gasteiger partial charge in [0.15, 0.2) is 5.60 Å². The van der Waals surface area contributed by atoms with Crippen molar-refractivity contribution in [2.75, 3.05) is 44.3 Å². The van der Waals surface area contributed by atoms with Gasteiger partial charge in [0, 0.05) is 50.0 Å². The maximum Gasteiger partial charge on any atom is 0.421 e. The first kappa shape index (κ1) is 25.9. The van der Waals surface area contributed by atoms with Crippen LogP contribution in [-0.4, -0.2) is 55.0 Å². The lowest BCUT2D eigenvalue weighted by atomic mass is 9.95. The minimum absolute atomic E-state index is 0.146. The smallest absolute Gasteiger partial charge is 0.381 e. The summed E-state index contributed by atoms with van der Waals surface area (Å²) in [6, 6.07) is 16.2. The van der Waals surface area contributed by atoms with Crippen LogP contribution in [0.15, 0.2) is 59.5 Å². The van der Waals surface area contributed by atoms with E-state index in [-0.39, 0.29) is 5.56 Å². The highest BCUT2D eigenvalue weighted by Crippen LogP contribution is 2.39. The van der Waals surface area contributed by atoms with Crippen LogP contribution in [0.25, 0.3) is 0 Å². The predicted octanol–water partition coefficient (Wildman–Crippen LogP) is 5.72. The lowest BCUT2D eigenvalue weighted by molar-refractivity contribution is -0.258. The summed E-state index contributed by atoms with van der Waals surface area (Å²) in [7, 11) is 0. The Hall–Kier alpha value is -1.74. The van der Waals surface area contributed by atoms with Crippen molar-refractivity contribution in [2.24, 2.45) is 5.92 Å². The lowest BCUT2D eigenvalue weighted by Crippen LogP contribution is -2.43. The van der Waals surface area contributed by atoms with E-state index >= 15 is 0 Å². The first-order valence-corrected chi connectivity index (χ1v) is 12.1. The molecule has 2 fully saturated rings. The summed E-state index contributed by atoms with van der Waals surface area (Å²) in [5.41, 5.74) is -2.11. The van der Waals surface area contributed by atoms with E-state index in [4.69, 9.17) is 4.74 Å². The maximum absolute atomic E-state index is 12.9. The van der Waals surface area contributed by atoms with Gasteiger partial charge in [-0.3, -0.25) is 0 Å². The Labute approximate surface area is 198 Å². The summed E-state index contributed by atoms with van der Waals surface area (Å²) in [4.78, 5) is 3.34. The second-order valence-corrected chi connectivity index (χ2v) is 9.90. The number of piperazine rings is 1. The van der Waals surface area contributed by atoms with Crippen molar-refractivity contribution < 1.29 is 23.0 Å². The van der Waals surface area contributed by atoms with Crippen molar-refractivity contribution in [3.63, 3.8) is 0 Å². The number of hydrogen-bond donors (Lipinski definition) is 1. The quantitative estimate of drug-likeness (QED) is 0.564. The topological polar surface area (TPSA) is 35.9 Å². The molecule has 0 amide bonds. The van der Waals surface area contributed by atoms with Gasteiger partial charge in [-0.2, -0.15) is 13.2 Å². The van der Waals surface area contributed by atoms with Crippen molar-refractivity contribution in [1.29, 1.82) is 0 Å². The Morgan fingerprint density at radius 2 is 1.48 bits per heavy atom. The van der Waals surface area contributed by atoms with Crippen LogP contribution in [0.4, 0.5) is 18.9 Å². The molecule has 4 nitrogen and oxygen atoms in total. The van der Waals surface area contributed by atoms with Crippen molar-refractivity contribution in [2.45, 2.75) is 43.4 Å². The van der Waals surface area contributed by atoms with Gasteiger partial charge in [-0.15, -0.1) is 0 Å². The summed E-state index contributed by atoms with van der Waals surface area (Å²) in [5.74, 6) is 0.911. The molecule has 2 saturated heterocycles. The molecule has 4 rings (SSSR count). The highest BCUT2D eigenvalue weighted by atomic mass is 32.2. The van der Waals surface area contributed by atoms with E-state index in [1.807, 2.05) is 18.2 Å². The van der Waals surface area contributed by atoms with Gasteiger partial charge < -0.3 is 14.7 Å². The number of ether oxygens (including phenoxy) is 1. The van der Waals surface area contributed by atoms with E-state index in [2.05, 4.69) is 28.3 Å². The minimum Gasteiger partial charge on any atom is -0.381 e. The van der Waals surface area contributed by atoms with Gasteiger partial charge in [0.2, 0.25) is 0 Å². The standard InChI is InChI=1S/C19H21F3N2OS.C6H12O/c1-18(25,19(20,21)22)15-7-9-16(10-8-15)23-11-13-24(14-12-23)26-17-5-3-2-4-6-17;1-6-2-4-7-5-3-6/h2-10,25H,11-14H2,1H3;6H,2-5H2,1H3. The molecule has 0 aromatic heterocycles. The number of benzene rings is 2. The molecule has 8 heteroatoms. The highest BCUT2D eigenvalue weighted by Gasteiger charge is 2.51. The van der Waals surface area contributed by atoms with Gasteiger partial charge in [0.25, 0.3) is 0 Å². The number of anilines is 1. The molecule has 2 aromatic rings. The maximum atomic E-state index is 12.9. The molecule has 0 spiro atoms. The Morgan fingerprint density at radius 3 is 1.97 bits per heavy atom. The highest BCUT2D eigenvalue weighted by molar-refractivity contribution is 7.97. The predicted molar refractivity (Wildman–Crippen MR) is 127 cm³/mol. The molecule has 182 valence electrons. The van der Waals surface area contributed by atoms with E-state index in [1.54, 1.807) is 24.1 Å². The Bertz CT molecular complexity index is 833. The van der Waals surface area contributed by atoms with Gasteiger partial charge in [-0.25, -0.2) is 4.31 Å². The zero-order valence-corrected chi connectivity index (χ0v) is 20.0. The third-order valence-corrected chi connectivity index (χ3v) is 7.18. The summed E-state index contributed by atoms with van der Waals surface area (Å²) < 4.78 is 46.2. The monoisotopic (exact) mass is 482 g/mol. The number of rotatable bonds is 4. The average Bonchev–Trinajstić information content (AvgIpc) is 2.81. The van der Waals surface area contributed by atoms with Gasteiger partial charge in [0.05, 0.1) is 0 Å². The lowest BCUT2D eigenvalue weighted by Gasteiger charge is -2.35. The SMILES string of the molecule is CC(O)(c1ccc(N2CCN(Sc3ccccc3)CC2)cc1)C(F)(F)F.CC1CCOCC1. The zero-order chi connectivity index (χ0) is 23.9. The molecule has 1 unspecified atom stereocenters. The molecular formula is C25H33F3N2O2S. The first-order valence-electron chi connectivity index (χ1n) is 11.4. The van der Waals surface area contributed by atoms with Gasteiger partial charge in [0.1, 0.15) is 0 Å². The molecule has 1 atom stereocenters. The third-order valence-electron chi connectivity index (χ3n) is 6.07. The summed E-state index contributed by atoms with van der Waals surface area (Å²) in [5, 5.41) is 9.75. The van der Waals surface area contributed by atoms with Crippen LogP contribution in [-0.2, 0) is 10.3 Å². The van der Waals surface area contributed by atoms with Gasteiger partial charge in [-0.1, -0.05) is 37.3 Å². The molecule has 1 N–H and O–H groups in total. The molecule has 2 heterocycles. The van der Waals surface area contributed by atoms with E-state index in [0.29, 0.717) is 0 Å². The van der Waals surface area contributed by atoms with Crippen molar-refractivity contribution in [1.82, 2.24) is 4.31 Å². The number of hydrogen-bond acceptors (Lipinski definition) is 5. The largest absolute Gasteiger partial charge is 0.421 e. The van der Waals surface area contributed by atoms with Crippen LogP contribution in [0.3, 0.4) is 0 Å². The molecule has 0 bridgehead atoms. The van der Waals surface area contributed by atoms with Crippen LogP contribution < -0.4 is 4.90 Å². The number of halogens is 3. The van der Waals surface area contributed by atoms with E-state index < -0.39 is 11.8 Å². The Balaban J connectivity index is 0.000000374.